The van der Waals surface area contributed by atoms with Gasteiger partial charge in [0, 0.05) is 5.69 Å². The molecule has 0 aromatic heterocycles. The number of halogens is 3. The van der Waals surface area contributed by atoms with E-state index in [1.54, 1.807) is 18.2 Å². The summed E-state index contributed by atoms with van der Waals surface area (Å²) in [5.74, 6) is -0.787. The number of carbonyl (C=O) groups excluding carboxylic acids is 2. The predicted octanol–water partition coefficient (Wildman–Crippen LogP) is 6.55. The zero-order valence-corrected chi connectivity index (χ0v) is 38.3. The summed E-state index contributed by atoms with van der Waals surface area (Å²) in [6.45, 7) is 13.5. The first-order valence-corrected chi connectivity index (χ1v) is 22.5. The summed E-state index contributed by atoms with van der Waals surface area (Å²) >= 11 is 0. The first kappa shape index (κ1) is 57.7. The lowest BCUT2D eigenvalue weighted by Crippen LogP contribution is -2.20. The molecule has 0 amide bonds. The quantitative estimate of drug-likeness (QED) is 0.0561. The molecule has 65 heavy (non-hydrogen) atoms. The van der Waals surface area contributed by atoms with E-state index >= 15 is 0 Å². The molecular formula is C46H72F3NO15. The van der Waals surface area contributed by atoms with Crippen molar-refractivity contribution in [2.75, 3.05) is 164 Å². The molecule has 2 aromatic rings. The number of esters is 2. The van der Waals surface area contributed by atoms with E-state index in [9.17, 15) is 22.8 Å². The summed E-state index contributed by atoms with van der Waals surface area (Å²) in [6, 6.07) is 11.1. The molecule has 1 atom stereocenters. The first-order valence-electron chi connectivity index (χ1n) is 22.5. The van der Waals surface area contributed by atoms with Gasteiger partial charge in [0.15, 0.2) is 0 Å². The van der Waals surface area contributed by atoms with Gasteiger partial charge in [0.05, 0.1) is 168 Å². The van der Waals surface area contributed by atoms with Gasteiger partial charge in [0.2, 0.25) is 0 Å². The third-order valence-electron chi connectivity index (χ3n) is 9.00. The first-order chi connectivity index (χ1) is 31.8. The van der Waals surface area contributed by atoms with E-state index in [2.05, 4.69) is 12.2 Å². The Kier molecular flexibility index (Phi) is 35.2. The van der Waals surface area contributed by atoms with Crippen molar-refractivity contribution in [3.8, 4) is 0 Å². The highest BCUT2D eigenvalue weighted by atomic mass is 19.4. The van der Waals surface area contributed by atoms with Gasteiger partial charge in [0.1, 0.15) is 13.2 Å². The Balaban J connectivity index is 1.24. The number of alkyl halides is 3. The predicted molar refractivity (Wildman–Crippen MR) is 235 cm³/mol. The van der Waals surface area contributed by atoms with Gasteiger partial charge >= 0.3 is 18.1 Å². The summed E-state index contributed by atoms with van der Waals surface area (Å²) in [6.07, 6.45) is -0.703. The Hall–Kier alpha value is -3.47. The second-order valence-corrected chi connectivity index (χ2v) is 14.0. The molecule has 0 heterocycles. The monoisotopic (exact) mass is 935 g/mol. The molecular weight excluding hydrogens is 863 g/mol. The fourth-order valence-electron chi connectivity index (χ4n) is 5.53. The number of ether oxygens (including phenoxy) is 13. The average molecular weight is 936 g/mol. The molecule has 0 fully saturated rings. The Labute approximate surface area is 382 Å². The summed E-state index contributed by atoms with van der Waals surface area (Å²) in [7, 11) is 0. The SMILES string of the molecule is CCCCC(CC)C(=O)OCCOCCOCCOCCOCCOCCOCCOCCOCCOCCOCCOCCOC(=O)c1ccccc1Nc1cccc(C(F)(F)F)c1. The standard InChI is InChI=1S/C46H72F3NO15/c1-3-5-9-39(4-2)44(51)64-36-34-62-32-30-60-28-26-58-24-22-56-20-18-54-16-14-53-15-17-55-19-21-57-23-25-59-27-29-61-31-33-63-35-37-65-45(52)42-12-6-7-13-43(42)50-41-11-8-10-40(38-41)46(47,48)49/h6-8,10-13,38-39,50H,3-5,9,14-37H2,1-2H3. The van der Waals surface area contributed by atoms with E-state index in [-0.39, 0.29) is 43.0 Å². The Morgan fingerprint density at radius 3 is 1.28 bits per heavy atom. The Bertz CT molecular complexity index is 1460. The van der Waals surface area contributed by atoms with E-state index in [0.29, 0.717) is 144 Å². The number of anilines is 2. The number of para-hydroxylation sites is 1. The second-order valence-electron chi connectivity index (χ2n) is 14.0. The van der Waals surface area contributed by atoms with Crippen LogP contribution in [0.4, 0.5) is 24.5 Å². The topological polar surface area (TPSA) is 166 Å². The van der Waals surface area contributed by atoms with Crippen LogP contribution in [0.1, 0.15) is 55.5 Å². The summed E-state index contributed by atoms with van der Waals surface area (Å²) in [5, 5.41) is 2.86. The van der Waals surface area contributed by atoms with Crippen LogP contribution < -0.4 is 5.32 Å². The van der Waals surface area contributed by atoms with Crippen LogP contribution in [0.2, 0.25) is 0 Å². The number of unbranched alkanes of at least 4 members (excludes halogenated alkanes) is 1. The van der Waals surface area contributed by atoms with Crippen LogP contribution in [-0.2, 0) is 72.6 Å². The lowest BCUT2D eigenvalue weighted by Gasteiger charge is -2.13. The molecule has 1 unspecified atom stereocenters. The van der Waals surface area contributed by atoms with E-state index in [0.717, 1.165) is 37.8 Å². The van der Waals surface area contributed by atoms with Crippen LogP contribution in [0.5, 0.6) is 0 Å². The molecule has 19 heteroatoms. The van der Waals surface area contributed by atoms with Crippen LogP contribution >= 0.6 is 0 Å². The highest BCUT2D eigenvalue weighted by Crippen LogP contribution is 2.32. The van der Waals surface area contributed by atoms with Crippen molar-refractivity contribution in [1.82, 2.24) is 0 Å². The minimum atomic E-state index is -4.48. The van der Waals surface area contributed by atoms with Gasteiger partial charge < -0.3 is 66.9 Å². The minimum absolute atomic E-state index is 0.00821. The molecule has 0 saturated heterocycles. The molecule has 0 bridgehead atoms. The molecule has 372 valence electrons. The highest BCUT2D eigenvalue weighted by molar-refractivity contribution is 5.96. The number of benzene rings is 2. The largest absolute Gasteiger partial charge is 0.463 e. The Morgan fingerprint density at radius 2 is 0.892 bits per heavy atom. The lowest BCUT2D eigenvalue weighted by atomic mass is 10.00. The zero-order valence-electron chi connectivity index (χ0n) is 38.3. The minimum Gasteiger partial charge on any atom is -0.463 e. The van der Waals surface area contributed by atoms with Crippen molar-refractivity contribution in [2.24, 2.45) is 5.92 Å². The molecule has 2 rings (SSSR count). The van der Waals surface area contributed by atoms with Crippen LogP contribution in [0.3, 0.4) is 0 Å². The normalized spacial score (nSPS) is 12.1. The van der Waals surface area contributed by atoms with Crippen molar-refractivity contribution >= 4 is 23.3 Å². The third-order valence-corrected chi connectivity index (χ3v) is 9.00. The van der Waals surface area contributed by atoms with Gasteiger partial charge in [0.25, 0.3) is 0 Å². The maximum absolute atomic E-state index is 13.1. The van der Waals surface area contributed by atoms with E-state index in [4.69, 9.17) is 61.6 Å². The van der Waals surface area contributed by atoms with Gasteiger partial charge in [-0.1, -0.05) is 44.9 Å². The van der Waals surface area contributed by atoms with Gasteiger partial charge in [-0.15, -0.1) is 0 Å². The fourth-order valence-corrected chi connectivity index (χ4v) is 5.53. The summed E-state index contributed by atoms with van der Waals surface area (Å²) < 4.78 is 110. The molecule has 16 nitrogen and oxygen atoms in total. The highest BCUT2D eigenvalue weighted by Gasteiger charge is 2.30. The van der Waals surface area contributed by atoms with Crippen LogP contribution in [0.25, 0.3) is 0 Å². The van der Waals surface area contributed by atoms with Gasteiger partial charge in [-0.25, -0.2) is 4.79 Å². The maximum Gasteiger partial charge on any atom is 0.416 e. The third kappa shape index (κ3) is 31.2. The zero-order chi connectivity index (χ0) is 46.9. The van der Waals surface area contributed by atoms with Crippen molar-refractivity contribution in [1.29, 1.82) is 0 Å². The molecule has 0 saturated carbocycles. The number of rotatable bonds is 44. The fraction of sp³-hybridized carbons (Fsp3) is 0.696. The van der Waals surface area contributed by atoms with Crippen LogP contribution in [0, 0.1) is 5.92 Å². The van der Waals surface area contributed by atoms with Crippen molar-refractivity contribution in [3.63, 3.8) is 0 Å². The average Bonchev–Trinajstić information content (AvgIpc) is 3.30. The van der Waals surface area contributed by atoms with Crippen molar-refractivity contribution in [3.05, 3.63) is 59.7 Å². The Morgan fingerprint density at radius 1 is 0.508 bits per heavy atom. The van der Waals surface area contributed by atoms with Gasteiger partial charge in [-0.05, 0) is 43.2 Å². The molecule has 0 aliphatic rings. The molecule has 0 spiro atoms. The van der Waals surface area contributed by atoms with Gasteiger partial charge in [-0.2, -0.15) is 13.2 Å². The molecule has 1 N–H and O–H groups in total. The van der Waals surface area contributed by atoms with E-state index < -0.39 is 17.7 Å². The summed E-state index contributed by atoms with van der Waals surface area (Å²) in [4.78, 5) is 24.7. The molecule has 2 aromatic carbocycles. The smallest absolute Gasteiger partial charge is 0.416 e. The molecule has 0 radical (unpaired) electrons. The molecule has 0 aliphatic heterocycles. The van der Waals surface area contributed by atoms with E-state index in [1.807, 2.05) is 6.92 Å². The van der Waals surface area contributed by atoms with Crippen LogP contribution in [-0.4, -0.2) is 171 Å². The van der Waals surface area contributed by atoms with E-state index in [1.165, 1.54) is 18.2 Å². The molecule has 0 aliphatic carbocycles. The van der Waals surface area contributed by atoms with Gasteiger partial charge in [-0.3, -0.25) is 4.79 Å². The second kappa shape index (κ2) is 39.7. The lowest BCUT2D eigenvalue weighted by molar-refractivity contribution is -0.150. The van der Waals surface area contributed by atoms with Crippen molar-refractivity contribution < 1.29 is 84.3 Å². The number of carbonyl (C=O) groups is 2. The summed E-state index contributed by atoms with van der Waals surface area (Å²) in [5.41, 5.74) is -0.107. The maximum atomic E-state index is 13.1. The van der Waals surface area contributed by atoms with Crippen LogP contribution in [0.15, 0.2) is 48.5 Å². The van der Waals surface area contributed by atoms with Crippen molar-refractivity contribution in [2.45, 2.75) is 45.7 Å². The number of hydrogen-bond donors (Lipinski definition) is 1. The number of nitrogens with one attached hydrogen (secondary N) is 1. The number of hydrogen-bond acceptors (Lipinski definition) is 16.